The van der Waals surface area contributed by atoms with Crippen LogP contribution in [0, 0.1) is 11.8 Å². The lowest BCUT2D eigenvalue weighted by Gasteiger charge is -2.32. The van der Waals surface area contributed by atoms with Crippen LogP contribution in [0.1, 0.15) is 26.7 Å². The third-order valence-corrected chi connectivity index (χ3v) is 3.72. The largest absolute Gasteiger partial charge is 0.469 e. The van der Waals surface area contributed by atoms with E-state index in [1.807, 2.05) is 13.8 Å². The number of ether oxygens (including phenoxy) is 2. The Kier molecular flexibility index (Phi) is 6.45. The predicted octanol–water partition coefficient (Wildman–Crippen LogP) is 0.779. The summed E-state index contributed by atoms with van der Waals surface area (Å²) in [5, 5.41) is 2.69. The molecule has 1 fully saturated rings. The molecule has 0 spiro atoms. The summed E-state index contributed by atoms with van der Waals surface area (Å²) in [6, 6.07) is -0.969. The first-order valence-corrected chi connectivity index (χ1v) is 7.11. The van der Waals surface area contributed by atoms with Crippen LogP contribution >= 0.6 is 0 Å². The Hall–Kier alpha value is -1.79. The van der Waals surface area contributed by atoms with E-state index in [4.69, 9.17) is 9.47 Å². The molecule has 1 N–H and O–H groups in total. The Labute approximate surface area is 124 Å². The Morgan fingerprint density at radius 2 is 1.67 bits per heavy atom. The molecule has 1 heterocycles. The highest BCUT2D eigenvalue weighted by Gasteiger charge is 2.31. The molecule has 1 atom stereocenters. The number of rotatable bonds is 4. The van der Waals surface area contributed by atoms with E-state index in [0.717, 1.165) is 0 Å². The molecule has 1 aliphatic heterocycles. The molecular formula is C14H24N2O5. The number of amides is 2. The average Bonchev–Trinajstić information content (AvgIpc) is 2.50. The van der Waals surface area contributed by atoms with Crippen LogP contribution in [0.3, 0.4) is 0 Å². The van der Waals surface area contributed by atoms with E-state index in [0.29, 0.717) is 25.9 Å². The number of carbonyl (C=O) groups is 3. The maximum Gasteiger partial charge on any atom is 0.328 e. The first kappa shape index (κ1) is 17.3. The summed E-state index contributed by atoms with van der Waals surface area (Å²) >= 11 is 0. The van der Waals surface area contributed by atoms with Crippen molar-refractivity contribution >= 4 is 18.0 Å². The molecule has 7 nitrogen and oxygen atoms in total. The third kappa shape index (κ3) is 4.61. The number of methoxy groups -OCH3 is 2. The standard InChI is InChI=1S/C14H24N2O5/c1-9(2)11(13(18)21-4)15-14(19)16-7-5-10(6-8-16)12(17)20-3/h9-11H,5-8H2,1-4H3,(H,15,19). The summed E-state index contributed by atoms with van der Waals surface area (Å²) in [7, 11) is 2.66. The van der Waals surface area contributed by atoms with Crippen LogP contribution in [0.15, 0.2) is 0 Å². The van der Waals surface area contributed by atoms with Crippen molar-refractivity contribution in [1.29, 1.82) is 0 Å². The van der Waals surface area contributed by atoms with Crippen molar-refractivity contribution < 1.29 is 23.9 Å². The molecule has 0 aromatic heterocycles. The first-order valence-electron chi connectivity index (χ1n) is 7.11. The second-order valence-corrected chi connectivity index (χ2v) is 5.48. The molecule has 0 bridgehead atoms. The molecule has 0 aliphatic carbocycles. The number of urea groups is 1. The summed E-state index contributed by atoms with van der Waals surface area (Å²) in [5.74, 6) is -0.901. The number of hydrogen-bond acceptors (Lipinski definition) is 5. The van der Waals surface area contributed by atoms with E-state index >= 15 is 0 Å². The summed E-state index contributed by atoms with van der Waals surface area (Å²) < 4.78 is 9.40. The average molecular weight is 300 g/mol. The zero-order valence-electron chi connectivity index (χ0n) is 13.0. The van der Waals surface area contributed by atoms with Gasteiger partial charge in [0.1, 0.15) is 6.04 Å². The molecule has 1 saturated heterocycles. The molecule has 0 radical (unpaired) electrons. The van der Waals surface area contributed by atoms with Gasteiger partial charge in [0.15, 0.2) is 0 Å². The Morgan fingerprint density at radius 3 is 2.10 bits per heavy atom. The molecule has 0 saturated carbocycles. The third-order valence-electron chi connectivity index (χ3n) is 3.72. The van der Waals surface area contributed by atoms with Crippen molar-refractivity contribution in [2.75, 3.05) is 27.3 Å². The highest BCUT2D eigenvalue weighted by molar-refractivity contribution is 5.84. The minimum atomic E-state index is -0.666. The molecule has 21 heavy (non-hydrogen) atoms. The van der Waals surface area contributed by atoms with Crippen molar-refractivity contribution in [2.45, 2.75) is 32.7 Å². The SMILES string of the molecule is COC(=O)C1CCN(C(=O)NC(C(=O)OC)C(C)C)CC1. The van der Waals surface area contributed by atoms with Crippen LogP contribution < -0.4 is 5.32 Å². The van der Waals surface area contributed by atoms with Crippen LogP contribution in [0.5, 0.6) is 0 Å². The number of hydrogen-bond donors (Lipinski definition) is 1. The topological polar surface area (TPSA) is 84.9 Å². The lowest BCUT2D eigenvalue weighted by atomic mass is 9.97. The zero-order valence-corrected chi connectivity index (χ0v) is 13.0. The molecule has 1 aliphatic rings. The number of piperidine rings is 1. The lowest BCUT2D eigenvalue weighted by Crippen LogP contribution is -2.52. The Balaban J connectivity index is 2.53. The molecule has 0 aromatic carbocycles. The quantitative estimate of drug-likeness (QED) is 0.775. The zero-order chi connectivity index (χ0) is 16.0. The van der Waals surface area contributed by atoms with E-state index in [2.05, 4.69) is 5.32 Å². The number of likely N-dealkylation sites (tertiary alicyclic amines) is 1. The van der Waals surface area contributed by atoms with Gasteiger partial charge >= 0.3 is 18.0 Å². The highest BCUT2D eigenvalue weighted by Crippen LogP contribution is 2.18. The van der Waals surface area contributed by atoms with Gasteiger partial charge in [-0.25, -0.2) is 9.59 Å². The fraction of sp³-hybridized carbons (Fsp3) is 0.786. The van der Waals surface area contributed by atoms with E-state index in [1.54, 1.807) is 4.90 Å². The highest BCUT2D eigenvalue weighted by atomic mass is 16.5. The lowest BCUT2D eigenvalue weighted by molar-refractivity contribution is -0.146. The number of carbonyl (C=O) groups excluding carboxylic acids is 3. The summed E-state index contributed by atoms with van der Waals surface area (Å²) in [5.41, 5.74) is 0. The van der Waals surface area contributed by atoms with Crippen LogP contribution in [0.4, 0.5) is 4.79 Å². The number of nitrogens with one attached hydrogen (secondary N) is 1. The summed E-state index contributed by atoms with van der Waals surface area (Å²) in [6.07, 6.45) is 1.15. The molecule has 120 valence electrons. The van der Waals surface area contributed by atoms with Crippen molar-refractivity contribution in [3.05, 3.63) is 0 Å². The van der Waals surface area contributed by atoms with Gasteiger partial charge in [0.05, 0.1) is 20.1 Å². The van der Waals surface area contributed by atoms with Crippen LogP contribution in [-0.4, -0.2) is 56.2 Å². The van der Waals surface area contributed by atoms with Gasteiger partial charge in [-0.05, 0) is 18.8 Å². The summed E-state index contributed by atoms with van der Waals surface area (Å²) in [4.78, 5) is 36.9. The Bertz CT molecular complexity index is 389. The van der Waals surface area contributed by atoms with E-state index in [1.165, 1.54) is 14.2 Å². The molecule has 2 amide bonds. The molecule has 1 rings (SSSR count). The van der Waals surface area contributed by atoms with Crippen LogP contribution in [0.2, 0.25) is 0 Å². The minimum absolute atomic E-state index is 0.0611. The molecular weight excluding hydrogens is 276 g/mol. The normalized spacial score (nSPS) is 17.3. The minimum Gasteiger partial charge on any atom is -0.469 e. The van der Waals surface area contributed by atoms with Gasteiger partial charge in [0.2, 0.25) is 0 Å². The maximum atomic E-state index is 12.2. The molecule has 0 aromatic rings. The monoisotopic (exact) mass is 300 g/mol. The number of esters is 2. The van der Waals surface area contributed by atoms with Crippen molar-refractivity contribution in [3.8, 4) is 0 Å². The van der Waals surface area contributed by atoms with Crippen molar-refractivity contribution in [2.24, 2.45) is 11.8 Å². The van der Waals surface area contributed by atoms with E-state index in [-0.39, 0.29) is 23.8 Å². The van der Waals surface area contributed by atoms with Gasteiger partial charge in [-0.3, -0.25) is 4.79 Å². The van der Waals surface area contributed by atoms with Crippen LogP contribution in [0.25, 0.3) is 0 Å². The Morgan fingerprint density at radius 1 is 1.10 bits per heavy atom. The van der Waals surface area contributed by atoms with E-state index in [9.17, 15) is 14.4 Å². The van der Waals surface area contributed by atoms with Gasteiger partial charge in [-0.1, -0.05) is 13.8 Å². The first-order chi connectivity index (χ1) is 9.90. The van der Waals surface area contributed by atoms with Gasteiger partial charge in [-0.15, -0.1) is 0 Å². The second-order valence-electron chi connectivity index (χ2n) is 5.48. The molecule has 1 unspecified atom stereocenters. The van der Waals surface area contributed by atoms with Gasteiger partial charge in [0, 0.05) is 13.1 Å². The van der Waals surface area contributed by atoms with Crippen molar-refractivity contribution in [1.82, 2.24) is 10.2 Å². The predicted molar refractivity (Wildman–Crippen MR) is 75.5 cm³/mol. The van der Waals surface area contributed by atoms with Gasteiger partial charge in [-0.2, -0.15) is 0 Å². The second kappa shape index (κ2) is 7.85. The van der Waals surface area contributed by atoms with Gasteiger partial charge in [0.25, 0.3) is 0 Å². The smallest absolute Gasteiger partial charge is 0.328 e. The number of nitrogens with zero attached hydrogens (tertiary/aromatic N) is 1. The fourth-order valence-corrected chi connectivity index (χ4v) is 2.33. The summed E-state index contributed by atoms with van der Waals surface area (Å²) in [6.45, 7) is 4.62. The van der Waals surface area contributed by atoms with Crippen LogP contribution in [-0.2, 0) is 19.1 Å². The van der Waals surface area contributed by atoms with Crippen molar-refractivity contribution in [3.63, 3.8) is 0 Å². The molecule has 7 heteroatoms. The maximum absolute atomic E-state index is 12.2. The van der Waals surface area contributed by atoms with Gasteiger partial charge < -0.3 is 19.7 Å². The van der Waals surface area contributed by atoms with E-state index < -0.39 is 12.0 Å². The fourth-order valence-electron chi connectivity index (χ4n) is 2.33.